The van der Waals surface area contributed by atoms with Crippen LogP contribution < -0.4 is 10.2 Å². The summed E-state index contributed by atoms with van der Waals surface area (Å²) in [7, 11) is 2.20. The highest BCUT2D eigenvalue weighted by atomic mass is 79.9. The molecule has 0 aliphatic carbocycles. The van der Waals surface area contributed by atoms with Crippen LogP contribution in [0.1, 0.15) is 17.9 Å². The Balaban J connectivity index is 0.000000249. The number of nitrogens with zero attached hydrogens (tertiary/aromatic N) is 1. The monoisotopic (exact) mass is 409 g/mol. The lowest BCUT2D eigenvalue weighted by Crippen LogP contribution is -3.11. The molecule has 1 atom stereocenters. The van der Waals surface area contributed by atoms with E-state index in [0.717, 1.165) is 23.2 Å². The van der Waals surface area contributed by atoms with Crippen molar-refractivity contribution >= 4 is 44.9 Å². The maximum absolute atomic E-state index is 11.5. The van der Waals surface area contributed by atoms with Crippen molar-refractivity contribution in [1.82, 2.24) is 5.32 Å². The van der Waals surface area contributed by atoms with E-state index in [0.29, 0.717) is 5.57 Å². The molecular formula is C17H20BrN3O2S. The number of thiocarbonyl (C=S) groups is 1. The predicted octanol–water partition coefficient (Wildman–Crippen LogP) is 1.08. The van der Waals surface area contributed by atoms with Crippen molar-refractivity contribution in [2.75, 3.05) is 33.4 Å². The third kappa shape index (κ3) is 5.33. The van der Waals surface area contributed by atoms with E-state index in [4.69, 9.17) is 22.4 Å². The van der Waals surface area contributed by atoms with Gasteiger partial charge in [0.15, 0.2) is 0 Å². The van der Waals surface area contributed by atoms with Gasteiger partial charge in [-0.05, 0) is 17.7 Å². The zero-order chi connectivity index (χ0) is 17.5. The fourth-order valence-corrected chi connectivity index (χ4v) is 3.08. The summed E-state index contributed by atoms with van der Waals surface area (Å²) in [5.41, 5.74) is 1.39. The molecular weight excluding hydrogens is 390 g/mol. The Morgan fingerprint density at radius 1 is 1.33 bits per heavy atom. The lowest BCUT2D eigenvalue weighted by molar-refractivity contribution is -0.888. The number of nitrogens with one attached hydrogen (secondary N) is 2. The Labute approximate surface area is 155 Å². The molecule has 1 unspecified atom stereocenters. The van der Waals surface area contributed by atoms with Gasteiger partial charge >= 0.3 is 0 Å². The van der Waals surface area contributed by atoms with Gasteiger partial charge in [-0.15, -0.1) is 0 Å². The SMILES string of the molecule is C[NH+]1CCOCC1.[N-]=C=C1C(=S)NC(=O)CC1c1ccc(Br)cc1. The summed E-state index contributed by atoms with van der Waals surface area (Å²) >= 11 is 8.35. The van der Waals surface area contributed by atoms with Crippen molar-refractivity contribution in [2.24, 2.45) is 0 Å². The van der Waals surface area contributed by atoms with E-state index in [-0.39, 0.29) is 23.2 Å². The van der Waals surface area contributed by atoms with Gasteiger partial charge in [0.25, 0.3) is 0 Å². The maximum atomic E-state index is 11.5. The molecule has 1 aromatic rings. The molecule has 1 amide bonds. The standard InChI is InChI=1S/C12H8BrN2OS.C5H11NO/c13-8-3-1-7(2-4-8)9-5-11(16)15-12(17)10(9)6-14;1-6-2-4-7-5-3-6/h1-4,9H,5H2,(H,15,16,17);2-5H2,1H3/q-1;/p+1. The van der Waals surface area contributed by atoms with E-state index >= 15 is 0 Å². The Bertz CT molecular complexity index is 650. The first kappa shape index (κ1) is 19.0. The van der Waals surface area contributed by atoms with Crippen LogP contribution in [0.25, 0.3) is 5.41 Å². The van der Waals surface area contributed by atoms with Gasteiger partial charge in [-0.1, -0.05) is 40.3 Å². The van der Waals surface area contributed by atoms with Crippen molar-refractivity contribution in [2.45, 2.75) is 12.3 Å². The van der Waals surface area contributed by atoms with Crippen LogP contribution in [0.3, 0.4) is 0 Å². The first-order chi connectivity index (χ1) is 11.5. The van der Waals surface area contributed by atoms with Crippen molar-refractivity contribution in [3.05, 3.63) is 45.3 Å². The van der Waals surface area contributed by atoms with Gasteiger partial charge in [-0.2, -0.15) is 0 Å². The van der Waals surface area contributed by atoms with Gasteiger partial charge in [0.2, 0.25) is 5.91 Å². The Morgan fingerprint density at radius 3 is 2.46 bits per heavy atom. The van der Waals surface area contributed by atoms with Gasteiger partial charge in [-0.3, -0.25) is 10.7 Å². The average molecular weight is 410 g/mol. The minimum absolute atomic E-state index is 0.137. The molecule has 3 rings (SSSR count). The number of ether oxygens (including phenoxy) is 1. The number of hydrogen-bond acceptors (Lipinski definition) is 3. The summed E-state index contributed by atoms with van der Waals surface area (Å²) < 4.78 is 6.08. The van der Waals surface area contributed by atoms with Crippen molar-refractivity contribution in [1.29, 1.82) is 0 Å². The van der Waals surface area contributed by atoms with Crippen LogP contribution in [0.2, 0.25) is 0 Å². The quantitative estimate of drug-likeness (QED) is 0.414. The van der Waals surface area contributed by atoms with Gasteiger partial charge in [0.1, 0.15) is 18.1 Å². The largest absolute Gasteiger partial charge is 0.763 e. The lowest BCUT2D eigenvalue weighted by Gasteiger charge is -2.26. The molecule has 0 aromatic heterocycles. The zero-order valence-electron chi connectivity index (χ0n) is 13.5. The van der Waals surface area contributed by atoms with Crippen molar-refractivity contribution in [3.63, 3.8) is 0 Å². The summed E-state index contributed by atoms with van der Waals surface area (Å²) in [6.45, 7) is 4.26. The zero-order valence-corrected chi connectivity index (χ0v) is 15.9. The van der Waals surface area contributed by atoms with Gasteiger partial charge in [0.05, 0.1) is 20.3 Å². The number of quaternary nitrogens is 1. The van der Waals surface area contributed by atoms with Crippen LogP contribution in [0.4, 0.5) is 0 Å². The molecule has 7 heteroatoms. The highest BCUT2D eigenvalue weighted by Crippen LogP contribution is 2.30. The van der Waals surface area contributed by atoms with Crippen LogP contribution in [-0.2, 0) is 9.53 Å². The Kier molecular flexibility index (Phi) is 7.27. The van der Waals surface area contributed by atoms with Crippen LogP contribution in [0, 0.1) is 0 Å². The lowest BCUT2D eigenvalue weighted by atomic mass is 9.86. The molecule has 128 valence electrons. The number of carbonyl (C=O) groups excluding carboxylic acids is 1. The number of rotatable bonds is 1. The number of likely N-dealkylation sites (N-methyl/N-ethyl adjacent to an activating group) is 1. The van der Waals surface area contributed by atoms with E-state index in [9.17, 15) is 4.79 Å². The van der Waals surface area contributed by atoms with Crippen molar-refractivity contribution < 1.29 is 14.4 Å². The molecule has 0 spiro atoms. The van der Waals surface area contributed by atoms with Gasteiger partial charge in [-0.25, -0.2) is 0 Å². The molecule has 2 N–H and O–H groups in total. The summed E-state index contributed by atoms with van der Waals surface area (Å²) in [6.07, 6.45) is 0.269. The predicted molar refractivity (Wildman–Crippen MR) is 102 cm³/mol. The molecule has 24 heavy (non-hydrogen) atoms. The first-order valence-electron chi connectivity index (χ1n) is 7.77. The van der Waals surface area contributed by atoms with E-state index in [2.05, 4.69) is 34.2 Å². The minimum Gasteiger partial charge on any atom is -0.763 e. The third-order valence-corrected chi connectivity index (χ3v) is 4.83. The van der Waals surface area contributed by atoms with E-state index in [1.165, 1.54) is 13.1 Å². The second-order valence-corrected chi connectivity index (χ2v) is 7.10. The van der Waals surface area contributed by atoms with Crippen LogP contribution in [-0.4, -0.2) is 50.1 Å². The second-order valence-electron chi connectivity index (χ2n) is 5.78. The smallest absolute Gasteiger partial charge is 0.225 e. The molecule has 0 radical (unpaired) electrons. The normalized spacial score (nSPS) is 21.4. The molecule has 2 saturated heterocycles. The molecule has 2 aliphatic rings. The number of piperidine rings is 1. The Hall–Kier alpha value is -1.37. The summed E-state index contributed by atoms with van der Waals surface area (Å²) in [6, 6.07) is 7.57. The number of morpholine rings is 1. The first-order valence-corrected chi connectivity index (χ1v) is 8.97. The van der Waals surface area contributed by atoms with Crippen molar-refractivity contribution in [3.8, 4) is 0 Å². The number of benzene rings is 1. The second kappa shape index (κ2) is 9.20. The van der Waals surface area contributed by atoms with Gasteiger partial charge in [0, 0.05) is 22.4 Å². The number of hydrogen-bond donors (Lipinski definition) is 2. The molecule has 5 nitrogen and oxygen atoms in total. The van der Waals surface area contributed by atoms with Crippen LogP contribution in [0.15, 0.2) is 34.3 Å². The van der Waals surface area contributed by atoms with Gasteiger partial charge < -0.3 is 20.4 Å². The third-order valence-electron chi connectivity index (χ3n) is 3.97. The fourth-order valence-electron chi connectivity index (χ4n) is 2.52. The molecule has 2 aliphatic heterocycles. The van der Waals surface area contributed by atoms with Crippen LogP contribution in [0.5, 0.6) is 0 Å². The highest BCUT2D eigenvalue weighted by molar-refractivity contribution is 9.10. The van der Waals surface area contributed by atoms with E-state index < -0.39 is 0 Å². The topological polar surface area (TPSA) is 65.1 Å². The molecule has 0 saturated carbocycles. The highest BCUT2D eigenvalue weighted by Gasteiger charge is 2.28. The average Bonchev–Trinajstić information content (AvgIpc) is 2.56. The molecule has 2 heterocycles. The Morgan fingerprint density at radius 2 is 1.96 bits per heavy atom. The summed E-state index contributed by atoms with van der Waals surface area (Å²) in [4.78, 5) is 13.3. The number of halogens is 1. The number of carbonyl (C=O) groups is 1. The van der Waals surface area contributed by atoms with E-state index in [1.807, 2.05) is 24.3 Å². The fraction of sp³-hybridized carbons (Fsp3) is 0.412. The summed E-state index contributed by atoms with van der Waals surface area (Å²) in [5, 5.41) is 11.6. The maximum Gasteiger partial charge on any atom is 0.225 e. The molecule has 0 bridgehead atoms. The number of amides is 1. The van der Waals surface area contributed by atoms with E-state index in [1.54, 1.807) is 4.90 Å². The minimum atomic E-state index is -0.227. The molecule has 1 aromatic carbocycles. The summed E-state index contributed by atoms with van der Waals surface area (Å²) in [5.74, 6) is 1.72. The molecule has 2 fully saturated rings. The van der Waals surface area contributed by atoms with Crippen LogP contribution >= 0.6 is 28.1 Å².